The van der Waals surface area contributed by atoms with Crippen molar-refractivity contribution in [3.8, 4) is 0 Å². The van der Waals surface area contributed by atoms with Crippen LogP contribution in [0.1, 0.15) is 49.0 Å². The van der Waals surface area contributed by atoms with Gasteiger partial charge in [0.1, 0.15) is 5.82 Å². The maximum absolute atomic E-state index is 13.5. The lowest BCUT2D eigenvalue weighted by Gasteiger charge is -2.35. The zero-order valence-electron chi connectivity index (χ0n) is 13.8. The number of hydrogen-bond acceptors (Lipinski definition) is 2. The van der Waals surface area contributed by atoms with Gasteiger partial charge in [-0.15, -0.1) is 0 Å². The zero-order chi connectivity index (χ0) is 17.0. The maximum Gasteiger partial charge on any atom is 0.269 e. The molecule has 0 heterocycles. The Morgan fingerprint density at radius 2 is 2.00 bits per heavy atom. The Kier molecular flexibility index (Phi) is 5.93. The molecule has 0 radical (unpaired) electrons. The molecule has 23 heavy (non-hydrogen) atoms. The van der Waals surface area contributed by atoms with Gasteiger partial charge in [-0.05, 0) is 55.1 Å². The van der Waals surface area contributed by atoms with Gasteiger partial charge in [-0.1, -0.05) is 32.8 Å². The van der Waals surface area contributed by atoms with E-state index in [9.17, 15) is 9.18 Å². The van der Waals surface area contributed by atoms with Gasteiger partial charge in [-0.2, -0.15) is 0 Å². The van der Waals surface area contributed by atoms with Gasteiger partial charge in [-0.25, -0.2) is 4.39 Å². The predicted octanol–water partition coefficient (Wildman–Crippen LogP) is 3.07. The second kappa shape index (κ2) is 7.73. The molecule has 3 N–H and O–H groups in total. The van der Waals surface area contributed by atoms with Crippen molar-refractivity contribution in [3.05, 3.63) is 35.1 Å². The highest BCUT2D eigenvalue weighted by Crippen LogP contribution is 2.29. The number of thiocarbonyl (C=S) groups is 1. The van der Waals surface area contributed by atoms with Crippen LogP contribution in [0.2, 0.25) is 0 Å². The van der Waals surface area contributed by atoms with Crippen molar-refractivity contribution in [3.63, 3.8) is 0 Å². The van der Waals surface area contributed by atoms with Crippen LogP contribution in [0, 0.1) is 24.6 Å². The van der Waals surface area contributed by atoms with Crippen molar-refractivity contribution in [1.29, 1.82) is 0 Å². The van der Waals surface area contributed by atoms with Crippen LogP contribution in [0.5, 0.6) is 0 Å². The molecule has 0 aromatic heterocycles. The Labute approximate surface area is 142 Å². The van der Waals surface area contributed by atoms with Gasteiger partial charge in [0.15, 0.2) is 5.11 Å². The number of halogens is 1. The van der Waals surface area contributed by atoms with E-state index in [0.717, 1.165) is 6.42 Å². The summed E-state index contributed by atoms with van der Waals surface area (Å²) in [5.41, 5.74) is 5.96. The van der Waals surface area contributed by atoms with Gasteiger partial charge in [0, 0.05) is 11.6 Å². The average molecular weight is 337 g/mol. The van der Waals surface area contributed by atoms with Gasteiger partial charge in [0.05, 0.1) is 0 Å². The SMILES string of the molecule is Cc1ccc(C(=O)NNC(=S)N[C@@H]2CCC[C@H](C)[C@@H]2C)cc1F. The summed E-state index contributed by atoms with van der Waals surface area (Å²) in [5, 5.41) is 3.64. The Morgan fingerprint density at radius 3 is 2.70 bits per heavy atom. The van der Waals surface area contributed by atoms with Crippen molar-refractivity contribution in [2.24, 2.45) is 11.8 Å². The van der Waals surface area contributed by atoms with Crippen LogP contribution in [0.25, 0.3) is 0 Å². The fraction of sp³-hybridized carbons (Fsp3) is 0.529. The molecule has 0 unspecified atom stereocenters. The number of hydrazine groups is 1. The Hall–Kier alpha value is -1.69. The van der Waals surface area contributed by atoms with Crippen LogP contribution in [0.4, 0.5) is 4.39 Å². The molecule has 1 fully saturated rings. The summed E-state index contributed by atoms with van der Waals surface area (Å²) in [4.78, 5) is 12.0. The first-order chi connectivity index (χ1) is 10.9. The van der Waals surface area contributed by atoms with Gasteiger partial charge in [0.25, 0.3) is 5.91 Å². The molecule has 3 atom stereocenters. The monoisotopic (exact) mass is 337 g/mol. The van der Waals surface area contributed by atoms with Crippen molar-refractivity contribution in [2.45, 2.75) is 46.1 Å². The Bertz CT molecular complexity index is 593. The van der Waals surface area contributed by atoms with Crippen LogP contribution >= 0.6 is 12.2 Å². The van der Waals surface area contributed by atoms with Crippen LogP contribution in [0.3, 0.4) is 0 Å². The highest BCUT2D eigenvalue weighted by Gasteiger charge is 2.27. The third-order valence-corrected chi connectivity index (χ3v) is 4.97. The largest absolute Gasteiger partial charge is 0.358 e. The fourth-order valence-electron chi connectivity index (χ4n) is 2.91. The highest BCUT2D eigenvalue weighted by molar-refractivity contribution is 7.80. The van der Waals surface area contributed by atoms with Crippen LogP contribution in [-0.2, 0) is 0 Å². The molecule has 1 aliphatic rings. The standard InChI is InChI=1S/C17H24FN3OS/c1-10-5-4-6-15(12(10)3)19-17(23)21-20-16(22)13-8-7-11(2)14(18)9-13/h7-10,12,15H,4-6H2,1-3H3,(H,20,22)(H2,19,21,23)/t10-,12-,15+/m0/s1. The van der Waals surface area contributed by atoms with Crippen molar-refractivity contribution < 1.29 is 9.18 Å². The first kappa shape index (κ1) is 17.7. The third-order valence-electron chi connectivity index (χ3n) is 4.75. The number of nitrogens with one attached hydrogen (secondary N) is 3. The molecule has 1 aliphatic carbocycles. The summed E-state index contributed by atoms with van der Waals surface area (Å²) in [7, 11) is 0. The van der Waals surface area contributed by atoms with E-state index in [2.05, 4.69) is 30.0 Å². The van der Waals surface area contributed by atoms with E-state index >= 15 is 0 Å². The van der Waals surface area contributed by atoms with Crippen LogP contribution in [-0.4, -0.2) is 17.1 Å². The smallest absolute Gasteiger partial charge is 0.269 e. The average Bonchev–Trinajstić information content (AvgIpc) is 2.52. The molecule has 0 saturated heterocycles. The summed E-state index contributed by atoms with van der Waals surface area (Å²) in [6.07, 6.45) is 3.50. The summed E-state index contributed by atoms with van der Waals surface area (Å²) in [6.45, 7) is 6.13. The Balaban J connectivity index is 1.84. The van der Waals surface area contributed by atoms with Gasteiger partial charge < -0.3 is 5.32 Å². The Morgan fingerprint density at radius 1 is 1.26 bits per heavy atom. The number of hydrogen-bond donors (Lipinski definition) is 3. The van der Waals surface area contributed by atoms with Crippen molar-refractivity contribution >= 4 is 23.2 Å². The minimum Gasteiger partial charge on any atom is -0.358 e. The summed E-state index contributed by atoms with van der Waals surface area (Å²) in [5.74, 6) is 0.376. The number of amides is 1. The van der Waals surface area contributed by atoms with Gasteiger partial charge in [0.2, 0.25) is 0 Å². The summed E-state index contributed by atoms with van der Waals surface area (Å²) >= 11 is 5.23. The number of rotatable bonds is 2. The lowest BCUT2D eigenvalue weighted by molar-refractivity contribution is 0.0942. The van der Waals surface area contributed by atoms with Gasteiger partial charge >= 0.3 is 0 Å². The lowest BCUT2D eigenvalue weighted by Crippen LogP contribution is -2.52. The maximum atomic E-state index is 13.5. The molecule has 0 bridgehead atoms. The minimum atomic E-state index is -0.418. The molecule has 0 spiro atoms. The molecule has 2 rings (SSSR count). The molecule has 0 aliphatic heterocycles. The topological polar surface area (TPSA) is 53.2 Å². The predicted molar refractivity (Wildman–Crippen MR) is 93.4 cm³/mol. The van der Waals surface area contributed by atoms with E-state index in [1.165, 1.54) is 18.9 Å². The molecule has 126 valence electrons. The van der Waals surface area contributed by atoms with E-state index < -0.39 is 11.7 Å². The highest BCUT2D eigenvalue weighted by atomic mass is 32.1. The molecular weight excluding hydrogens is 313 g/mol. The molecule has 4 nitrogen and oxygen atoms in total. The third kappa shape index (κ3) is 4.64. The second-order valence-electron chi connectivity index (χ2n) is 6.39. The number of aryl methyl sites for hydroxylation is 1. The van der Waals surface area contributed by atoms with Crippen LogP contribution in [0.15, 0.2) is 18.2 Å². The number of carbonyl (C=O) groups is 1. The second-order valence-corrected chi connectivity index (χ2v) is 6.80. The van der Waals surface area contributed by atoms with E-state index in [1.807, 2.05) is 0 Å². The molecule has 1 amide bonds. The number of carbonyl (C=O) groups excluding carboxylic acids is 1. The summed E-state index contributed by atoms with van der Waals surface area (Å²) < 4.78 is 13.5. The van der Waals surface area contributed by atoms with Gasteiger partial charge in [-0.3, -0.25) is 15.6 Å². The number of benzene rings is 1. The van der Waals surface area contributed by atoms with Crippen molar-refractivity contribution in [1.82, 2.24) is 16.2 Å². The quantitative estimate of drug-likeness (QED) is 0.573. The lowest BCUT2D eigenvalue weighted by atomic mass is 9.78. The van der Waals surface area contributed by atoms with Crippen molar-refractivity contribution in [2.75, 3.05) is 0 Å². The van der Waals surface area contributed by atoms with E-state index in [-0.39, 0.29) is 5.56 Å². The molecule has 1 aromatic carbocycles. The van der Waals surface area contributed by atoms with E-state index in [1.54, 1.807) is 19.1 Å². The zero-order valence-corrected chi connectivity index (χ0v) is 14.6. The molecular formula is C17H24FN3OS. The van der Waals surface area contributed by atoms with E-state index in [0.29, 0.717) is 28.6 Å². The van der Waals surface area contributed by atoms with E-state index in [4.69, 9.17) is 12.2 Å². The molecule has 1 saturated carbocycles. The minimum absolute atomic E-state index is 0.253. The first-order valence-electron chi connectivity index (χ1n) is 8.01. The fourth-order valence-corrected chi connectivity index (χ4v) is 3.11. The normalized spacial score (nSPS) is 23.9. The molecule has 1 aromatic rings. The van der Waals surface area contributed by atoms with Crippen LogP contribution < -0.4 is 16.2 Å². The summed E-state index contributed by atoms with van der Waals surface area (Å²) in [6, 6.07) is 4.68. The first-order valence-corrected chi connectivity index (χ1v) is 8.42. The molecule has 6 heteroatoms.